The van der Waals surface area contributed by atoms with Crippen LogP contribution in [0.5, 0.6) is 0 Å². The Morgan fingerprint density at radius 3 is 2.18 bits per heavy atom. The monoisotopic (exact) mass is 177 g/mol. The second-order valence-corrected chi connectivity index (χ2v) is 4.30. The van der Waals surface area contributed by atoms with Gasteiger partial charge in [0.05, 0.1) is 6.61 Å². The van der Waals surface area contributed by atoms with Gasteiger partial charge in [-0.2, -0.15) is 0 Å². The van der Waals surface area contributed by atoms with Crippen molar-refractivity contribution in [1.82, 2.24) is 0 Å². The van der Waals surface area contributed by atoms with Gasteiger partial charge in [0, 0.05) is 17.9 Å². The summed E-state index contributed by atoms with van der Waals surface area (Å²) in [5, 5.41) is 0.0995. The van der Waals surface area contributed by atoms with Crippen LogP contribution in [-0.2, 0) is 4.74 Å². The van der Waals surface area contributed by atoms with Crippen molar-refractivity contribution in [3.05, 3.63) is 5.92 Å². The van der Waals surface area contributed by atoms with Crippen molar-refractivity contribution in [2.24, 2.45) is 5.41 Å². The van der Waals surface area contributed by atoms with Gasteiger partial charge in [-0.15, -0.1) is 11.6 Å². The fraction of sp³-hybridized carbons (Fsp3) is 0.889. The molecule has 0 aromatic rings. The van der Waals surface area contributed by atoms with E-state index in [1.807, 2.05) is 0 Å². The molecule has 67 valence electrons. The van der Waals surface area contributed by atoms with Gasteiger partial charge in [-0.3, -0.25) is 0 Å². The van der Waals surface area contributed by atoms with Crippen LogP contribution in [0.15, 0.2) is 0 Å². The summed E-state index contributed by atoms with van der Waals surface area (Å²) in [5.41, 5.74) is 0.0368. The van der Waals surface area contributed by atoms with E-state index in [1.54, 1.807) is 7.11 Å². The van der Waals surface area contributed by atoms with Crippen LogP contribution in [0, 0.1) is 11.3 Å². The minimum absolute atomic E-state index is 0.0368. The third kappa shape index (κ3) is 3.44. The molecule has 0 N–H and O–H groups in total. The smallest absolute Gasteiger partial charge is 0.0527 e. The Kier molecular flexibility index (Phi) is 4.42. The fourth-order valence-corrected chi connectivity index (χ4v) is 1.29. The fourth-order valence-electron chi connectivity index (χ4n) is 1.23. The number of ether oxygens (including phenoxy) is 1. The first-order valence-corrected chi connectivity index (χ1v) is 4.28. The van der Waals surface area contributed by atoms with Gasteiger partial charge in [-0.1, -0.05) is 27.7 Å². The van der Waals surface area contributed by atoms with Gasteiger partial charge in [0.25, 0.3) is 0 Å². The Balaban J connectivity index is 4.05. The molecule has 0 aromatic heterocycles. The molecule has 0 aliphatic carbocycles. The second-order valence-electron chi connectivity index (χ2n) is 3.86. The van der Waals surface area contributed by atoms with E-state index < -0.39 is 0 Å². The molecule has 2 heteroatoms. The van der Waals surface area contributed by atoms with Crippen LogP contribution in [-0.4, -0.2) is 19.1 Å². The van der Waals surface area contributed by atoms with Crippen LogP contribution in [0.2, 0.25) is 0 Å². The Bertz CT molecular complexity index is 110. The third-order valence-electron chi connectivity index (χ3n) is 1.71. The van der Waals surface area contributed by atoms with Gasteiger partial charge in [-0.25, -0.2) is 0 Å². The molecule has 0 heterocycles. The zero-order valence-corrected chi connectivity index (χ0v) is 8.83. The van der Waals surface area contributed by atoms with E-state index in [9.17, 15) is 0 Å². The first-order chi connectivity index (χ1) is 4.91. The highest BCUT2D eigenvalue weighted by molar-refractivity contribution is 6.22. The van der Waals surface area contributed by atoms with Crippen molar-refractivity contribution in [2.45, 2.75) is 33.1 Å². The van der Waals surface area contributed by atoms with Gasteiger partial charge in [-0.05, 0) is 5.92 Å². The molecular weight excluding hydrogens is 160 g/mol. The maximum Gasteiger partial charge on any atom is 0.0527 e. The van der Waals surface area contributed by atoms with Crippen LogP contribution in [0.1, 0.15) is 27.7 Å². The summed E-state index contributed by atoms with van der Waals surface area (Å²) in [6.07, 6.45) is 0. The predicted molar refractivity (Wildman–Crippen MR) is 49.9 cm³/mol. The summed E-state index contributed by atoms with van der Waals surface area (Å²) in [6, 6.07) is 0. The molecule has 1 radical (unpaired) electrons. The molecule has 0 aromatic carbocycles. The number of alkyl halides is 1. The van der Waals surface area contributed by atoms with E-state index in [0.717, 1.165) is 0 Å². The minimum Gasteiger partial charge on any atom is -0.384 e. The summed E-state index contributed by atoms with van der Waals surface area (Å²) < 4.78 is 5.08. The van der Waals surface area contributed by atoms with Crippen LogP contribution in [0.4, 0.5) is 0 Å². The molecule has 1 nitrogen and oxygen atoms in total. The third-order valence-corrected chi connectivity index (χ3v) is 2.74. The molecule has 1 atom stereocenters. The molecule has 0 saturated carbocycles. The SMILES string of the molecule is COCC(C)(C)C(Cl)[C](C)C. The summed E-state index contributed by atoms with van der Waals surface area (Å²) in [7, 11) is 1.70. The van der Waals surface area contributed by atoms with Gasteiger partial charge < -0.3 is 4.74 Å². The topological polar surface area (TPSA) is 9.23 Å². The maximum atomic E-state index is 6.17. The van der Waals surface area contributed by atoms with Crippen molar-refractivity contribution in [3.63, 3.8) is 0 Å². The van der Waals surface area contributed by atoms with Crippen LogP contribution in [0.3, 0.4) is 0 Å². The summed E-state index contributed by atoms with van der Waals surface area (Å²) in [6.45, 7) is 9.03. The highest BCUT2D eigenvalue weighted by Crippen LogP contribution is 2.31. The minimum atomic E-state index is 0.0368. The number of hydrogen-bond acceptors (Lipinski definition) is 1. The quantitative estimate of drug-likeness (QED) is 0.601. The lowest BCUT2D eigenvalue weighted by atomic mass is 9.84. The molecule has 0 bridgehead atoms. The number of rotatable bonds is 4. The van der Waals surface area contributed by atoms with Gasteiger partial charge in [0.2, 0.25) is 0 Å². The Hall–Kier alpha value is 0.250. The van der Waals surface area contributed by atoms with Crippen molar-refractivity contribution in [2.75, 3.05) is 13.7 Å². The Morgan fingerprint density at radius 2 is 1.91 bits per heavy atom. The highest BCUT2D eigenvalue weighted by Gasteiger charge is 2.30. The molecule has 1 unspecified atom stereocenters. The van der Waals surface area contributed by atoms with E-state index in [2.05, 4.69) is 27.7 Å². The molecule has 0 amide bonds. The summed E-state index contributed by atoms with van der Waals surface area (Å²) in [4.78, 5) is 0. The van der Waals surface area contributed by atoms with Crippen molar-refractivity contribution in [3.8, 4) is 0 Å². The molecule has 0 fully saturated rings. The lowest BCUT2D eigenvalue weighted by Crippen LogP contribution is -2.32. The molecular formula is C9H18ClO. The van der Waals surface area contributed by atoms with Gasteiger partial charge in [0.1, 0.15) is 0 Å². The largest absolute Gasteiger partial charge is 0.384 e. The molecule has 0 saturated heterocycles. The van der Waals surface area contributed by atoms with Crippen LogP contribution in [0.25, 0.3) is 0 Å². The first-order valence-electron chi connectivity index (χ1n) is 3.85. The Morgan fingerprint density at radius 1 is 1.45 bits per heavy atom. The highest BCUT2D eigenvalue weighted by atomic mass is 35.5. The standard InChI is InChI=1S/C9H18ClO/c1-7(2)8(10)9(3,4)6-11-5/h8H,6H2,1-5H3. The second kappa shape index (κ2) is 4.32. The van der Waals surface area contributed by atoms with E-state index in [4.69, 9.17) is 16.3 Å². The van der Waals surface area contributed by atoms with Gasteiger partial charge in [0.15, 0.2) is 0 Å². The lowest BCUT2D eigenvalue weighted by Gasteiger charge is -2.31. The summed E-state index contributed by atoms with van der Waals surface area (Å²) in [5.74, 6) is 1.24. The van der Waals surface area contributed by atoms with Crippen molar-refractivity contribution in [1.29, 1.82) is 0 Å². The predicted octanol–water partition coefficient (Wildman–Crippen LogP) is 2.88. The number of hydrogen-bond donors (Lipinski definition) is 0. The lowest BCUT2D eigenvalue weighted by molar-refractivity contribution is 0.103. The van der Waals surface area contributed by atoms with E-state index in [-0.39, 0.29) is 10.8 Å². The molecule has 0 aliphatic heterocycles. The van der Waals surface area contributed by atoms with Crippen LogP contribution >= 0.6 is 11.6 Å². The molecule has 0 aliphatic rings. The average molecular weight is 178 g/mol. The average Bonchev–Trinajstić information content (AvgIpc) is 1.86. The zero-order valence-electron chi connectivity index (χ0n) is 8.07. The number of halogens is 1. The number of methoxy groups -OCH3 is 1. The van der Waals surface area contributed by atoms with Gasteiger partial charge >= 0.3 is 0 Å². The zero-order chi connectivity index (χ0) is 9.07. The van der Waals surface area contributed by atoms with E-state index in [0.29, 0.717) is 6.61 Å². The normalized spacial score (nSPS) is 15.5. The van der Waals surface area contributed by atoms with Crippen molar-refractivity contribution < 1.29 is 4.74 Å². The van der Waals surface area contributed by atoms with E-state index >= 15 is 0 Å². The molecule has 11 heavy (non-hydrogen) atoms. The summed E-state index contributed by atoms with van der Waals surface area (Å²) >= 11 is 6.17. The molecule has 0 spiro atoms. The van der Waals surface area contributed by atoms with E-state index in [1.165, 1.54) is 5.92 Å². The Labute approximate surface area is 75.1 Å². The maximum absolute atomic E-state index is 6.17. The first kappa shape index (κ1) is 11.2. The molecule has 0 rings (SSSR count). The van der Waals surface area contributed by atoms with Crippen molar-refractivity contribution >= 4 is 11.6 Å². The van der Waals surface area contributed by atoms with Crippen LogP contribution < -0.4 is 0 Å².